The fourth-order valence-electron chi connectivity index (χ4n) is 1.42. The first kappa shape index (κ1) is 14.7. The van der Waals surface area contributed by atoms with Gasteiger partial charge in [0, 0.05) is 13.1 Å². The van der Waals surface area contributed by atoms with Crippen molar-refractivity contribution in [1.82, 2.24) is 10.6 Å². The standard InChI is InChI=1S/C11H16N4OS2/c1-16-9-3-7(5-14-10(12)17)2-8(4-9)6-15-11(13)18/h2-4H,5-6H2,1H3,(H3,12,14,17)(H3,13,15,18). The minimum Gasteiger partial charge on any atom is -0.497 e. The molecule has 0 fully saturated rings. The molecule has 0 aliphatic rings. The number of ether oxygens (including phenoxy) is 1. The first-order valence-electron chi connectivity index (χ1n) is 5.21. The molecule has 0 spiro atoms. The smallest absolute Gasteiger partial charge is 0.150 e. The van der Waals surface area contributed by atoms with Crippen molar-refractivity contribution in [3.05, 3.63) is 29.3 Å². The maximum atomic E-state index is 7.20. The van der Waals surface area contributed by atoms with Crippen LogP contribution < -0.4 is 15.4 Å². The van der Waals surface area contributed by atoms with Crippen molar-refractivity contribution in [2.45, 2.75) is 13.1 Å². The summed E-state index contributed by atoms with van der Waals surface area (Å²) < 4.78 is 5.21. The lowest BCUT2D eigenvalue weighted by molar-refractivity contribution is 0.413. The lowest BCUT2D eigenvalue weighted by Gasteiger charge is -2.10. The number of hydrogen-bond acceptors (Lipinski definition) is 3. The Labute approximate surface area is 117 Å². The van der Waals surface area contributed by atoms with Gasteiger partial charge in [0.1, 0.15) is 5.75 Å². The predicted molar refractivity (Wildman–Crippen MR) is 80.1 cm³/mol. The summed E-state index contributed by atoms with van der Waals surface area (Å²) in [4.78, 5) is 0. The molecule has 1 rings (SSSR count). The lowest BCUT2D eigenvalue weighted by Crippen LogP contribution is -2.18. The van der Waals surface area contributed by atoms with Gasteiger partial charge in [0.15, 0.2) is 10.3 Å². The van der Waals surface area contributed by atoms with Crippen LogP contribution in [0.15, 0.2) is 18.2 Å². The summed E-state index contributed by atoms with van der Waals surface area (Å²) in [5, 5.41) is 20.3. The molecule has 1 aromatic carbocycles. The summed E-state index contributed by atoms with van der Waals surface area (Å²) >= 11 is 7.72. The summed E-state index contributed by atoms with van der Waals surface area (Å²) in [7, 11) is 1.60. The van der Waals surface area contributed by atoms with Gasteiger partial charge in [-0.25, -0.2) is 0 Å². The second kappa shape index (κ2) is 7.17. The van der Waals surface area contributed by atoms with Crippen LogP contribution in [0, 0.1) is 10.8 Å². The highest BCUT2D eigenvalue weighted by atomic mass is 32.1. The second-order valence-corrected chi connectivity index (χ2v) is 4.49. The number of nitrogens with one attached hydrogen (secondary N) is 4. The fourth-order valence-corrected chi connectivity index (χ4v) is 1.58. The molecule has 7 heteroatoms. The molecule has 0 heterocycles. The molecule has 1 aromatic rings. The van der Waals surface area contributed by atoms with Gasteiger partial charge in [-0.05, 0) is 23.3 Å². The minimum atomic E-state index is 0.120. The molecule has 98 valence electrons. The van der Waals surface area contributed by atoms with Crippen LogP contribution in [0.3, 0.4) is 0 Å². The van der Waals surface area contributed by atoms with E-state index in [1.54, 1.807) is 7.11 Å². The average Bonchev–Trinajstić information content (AvgIpc) is 2.33. The maximum absolute atomic E-state index is 7.20. The highest BCUT2D eigenvalue weighted by Gasteiger charge is 2.02. The van der Waals surface area contributed by atoms with Crippen molar-refractivity contribution in [3.63, 3.8) is 0 Å². The van der Waals surface area contributed by atoms with Crippen molar-refractivity contribution >= 4 is 35.6 Å². The average molecular weight is 284 g/mol. The van der Waals surface area contributed by atoms with Crippen molar-refractivity contribution in [1.29, 1.82) is 10.8 Å². The van der Waals surface area contributed by atoms with Gasteiger partial charge >= 0.3 is 0 Å². The molecule has 5 nitrogen and oxygen atoms in total. The SMILES string of the molecule is COc1cc(CNC(=N)S)cc(CNC(=N)S)c1. The number of rotatable bonds is 5. The van der Waals surface area contributed by atoms with E-state index in [0.29, 0.717) is 13.1 Å². The van der Waals surface area contributed by atoms with E-state index in [1.165, 1.54) is 0 Å². The van der Waals surface area contributed by atoms with E-state index < -0.39 is 0 Å². The van der Waals surface area contributed by atoms with Gasteiger partial charge in [0.2, 0.25) is 0 Å². The maximum Gasteiger partial charge on any atom is 0.150 e. The summed E-state index contributed by atoms with van der Waals surface area (Å²) in [5.74, 6) is 0.738. The Morgan fingerprint density at radius 2 is 1.50 bits per heavy atom. The Bertz CT molecular complexity index is 414. The van der Waals surface area contributed by atoms with Gasteiger partial charge in [-0.2, -0.15) is 0 Å². The third-order valence-electron chi connectivity index (χ3n) is 2.18. The topological polar surface area (TPSA) is 81.0 Å². The molecule has 0 atom stereocenters. The summed E-state index contributed by atoms with van der Waals surface area (Å²) in [6, 6.07) is 5.74. The molecule has 0 bridgehead atoms. The van der Waals surface area contributed by atoms with Gasteiger partial charge in [-0.1, -0.05) is 6.07 Å². The van der Waals surface area contributed by atoms with Gasteiger partial charge < -0.3 is 15.4 Å². The molecular formula is C11H16N4OS2. The quantitative estimate of drug-likeness (QED) is 0.282. The largest absolute Gasteiger partial charge is 0.497 e. The van der Waals surface area contributed by atoms with Crippen molar-refractivity contribution in [2.24, 2.45) is 0 Å². The molecule has 0 aromatic heterocycles. The zero-order valence-corrected chi connectivity index (χ0v) is 11.7. The molecule has 4 N–H and O–H groups in total. The first-order valence-corrected chi connectivity index (χ1v) is 6.10. The van der Waals surface area contributed by atoms with Crippen molar-refractivity contribution in [3.8, 4) is 5.75 Å². The molecule has 0 aliphatic heterocycles. The van der Waals surface area contributed by atoms with E-state index >= 15 is 0 Å². The minimum absolute atomic E-state index is 0.120. The van der Waals surface area contributed by atoms with Crippen LogP contribution in [-0.2, 0) is 13.1 Å². The van der Waals surface area contributed by atoms with E-state index in [4.69, 9.17) is 15.6 Å². The molecule has 0 amide bonds. The normalized spacial score (nSPS) is 9.72. The van der Waals surface area contributed by atoms with Crippen LogP contribution in [0.2, 0.25) is 0 Å². The molecule has 0 saturated carbocycles. The van der Waals surface area contributed by atoms with Crippen LogP contribution in [-0.4, -0.2) is 17.4 Å². The highest BCUT2D eigenvalue weighted by molar-refractivity contribution is 7.96. The van der Waals surface area contributed by atoms with Gasteiger partial charge in [0.25, 0.3) is 0 Å². The Morgan fingerprint density at radius 3 is 1.83 bits per heavy atom. The van der Waals surface area contributed by atoms with E-state index in [9.17, 15) is 0 Å². The highest BCUT2D eigenvalue weighted by Crippen LogP contribution is 2.17. The van der Waals surface area contributed by atoms with E-state index in [2.05, 4.69) is 35.9 Å². The Morgan fingerprint density at radius 1 is 1.06 bits per heavy atom. The van der Waals surface area contributed by atoms with Crippen LogP contribution in [0.5, 0.6) is 5.75 Å². The second-order valence-electron chi connectivity index (χ2n) is 3.59. The third kappa shape index (κ3) is 5.33. The number of hydrogen-bond donors (Lipinski definition) is 6. The van der Waals surface area contributed by atoms with Crippen molar-refractivity contribution < 1.29 is 4.74 Å². The number of amidine groups is 2. The lowest BCUT2D eigenvalue weighted by atomic mass is 10.1. The van der Waals surface area contributed by atoms with E-state index in [0.717, 1.165) is 16.9 Å². The Balaban J connectivity index is 2.80. The fraction of sp³-hybridized carbons (Fsp3) is 0.273. The van der Waals surface area contributed by atoms with Gasteiger partial charge in [-0.3, -0.25) is 10.8 Å². The van der Waals surface area contributed by atoms with Crippen molar-refractivity contribution in [2.75, 3.05) is 7.11 Å². The molecule has 0 unspecified atom stereocenters. The van der Waals surface area contributed by atoms with Gasteiger partial charge in [-0.15, -0.1) is 25.3 Å². The first-order chi connectivity index (χ1) is 8.51. The van der Waals surface area contributed by atoms with E-state index in [1.807, 2.05) is 18.2 Å². The van der Waals surface area contributed by atoms with Crippen LogP contribution in [0.25, 0.3) is 0 Å². The molecule has 0 radical (unpaired) electrons. The Kier molecular flexibility index (Phi) is 5.87. The number of methoxy groups -OCH3 is 1. The summed E-state index contributed by atoms with van der Waals surface area (Å²) in [5.41, 5.74) is 1.96. The Hall–Kier alpha value is -1.34. The zero-order chi connectivity index (χ0) is 13.5. The van der Waals surface area contributed by atoms with Crippen LogP contribution >= 0.6 is 25.3 Å². The molecule has 0 saturated heterocycles. The molecule has 0 aliphatic carbocycles. The van der Waals surface area contributed by atoms with E-state index in [-0.39, 0.29) is 10.3 Å². The molecular weight excluding hydrogens is 268 g/mol. The predicted octanol–water partition coefficient (Wildman–Crippen LogP) is 1.60. The van der Waals surface area contributed by atoms with Crippen LogP contribution in [0.4, 0.5) is 0 Å². The number of thiol groups is 2. The monoisotopic (exact) mass is 284 g/mol. The summed E-state index contributed by atoms with van der Waals surface area (Å²) in [6.07, 6.45) is 0. The third-order valence-corrected chi connectivity index (χ3v) is 2.50. The number of benzene rings is 1. The summed E-state index contributed by atoms with van der Waals surface area (Å²) in [6.45, 7) is 1.01. The van der Waals surface area contributed by atoms with Gasteiger partial charge in [0.05, 0.1) is 7.11 Å². The molecule has 18 heavy (non-hydrogen) atoms. The zero-order valence-electron chi connectivity index (χ0n) is 9.95. The van der Waals surface area contributed by atoms with Crippen LogP contribution in [0.1, 0.15) is 11.1 Å².